The zero-order chi connectivity index (χ0) is 18.1. The van der Waals surface area contributed by atoms with E-state index in [4.69, 9.17) is 0 Å². The minimum absolute atomic E-state index is 0.163. The van der Waals surface area contributed by atoms with Crippen molar-refractivity contribution < 1.29 is 13.6 Å². The number of rotatable bonds is 4. The Morgan fingerprint density at radius 1 is 1.27 bits per heavy atom. The van der Waals surface area contributed by atoms with Gasteiger partial charge in [-0.1, -0.05) is 0 Å². The van der Waals surface area contributed by atoms with Gasteiger partial charge >= 0.3 is 0 Å². The van der Waals surface area contributed by atoms with E-state index in [0.29, 0.717) is 29.3 Å². The number of benzene rings is 1. The molecular weight excluding hydrogens is 376 g/mol. The summed E-state index contributed by atoms with van der Waals surface area (Å²) >= 11 is 2.92. The number of hydrogen-bond acceptors (Lipinski definition) is 5. The zero-order valence-electron chi connectivity index (χ0n) is 13.7. The maximum atomic E-state index is 13.4. The Morgan fingerprint density at radius 3 is 2.81 bits per heavy atom. The fraction of sp³-hybridized carbons (Fsp3) is 0.222. The summed E-state index contributed by atoms with van der Waals surface area (Å²) in [6.45, 7) is 1.88. The average Bonchev–Trinajstić information content (AvgIpc) is 3.22. The van der Waals surface area contributed by atoms with Crippen LogP contribution in [-0.2, 0) is 19.5 Å². The van der Waals surface area contributed by atoms with E-state index in [1.54, 1.807) is 11.4 Å². The van der Waals surface area contributed by atoms with Gasteiger partial charge < -0.3 is 0 Å². The molecule has 0 fully saturated rings. The Kier molecular flexibility index (Phi) is 4.80. The molecule has 134 valence electrons. The fourth-order valence-corrected chi connectivity index (χ4v) is 4.64. The molecule has 1 aromatic carbocycles. The van der Waals surface area contributed by atoms with Gasteiger partial charge in [-0.15, -0.1) is 11.3 Å². The summed E-state index contributed by atoms with van der Waals surface area (Å²) in [4.78, 5) is 19.9. The normalized spacial score (nSPS) is 14.2. The van der Waals surface area contributed by atoms with Crippen LogP contribution < -0.4 is 5.32 Å². The van der Waals surface area contributed by atoms with Crippen LogP contribution in [0.4, 0.5) is 13.9 Å². The van der Waals surface area contributed by atoms with Crippen molar-refractivity contribution in [3.8, 4) is 0 Å². The molecule has 1 N–H and O–H groups in total. The molecule has 8 heteroatoms. The first kappa shape index (κ1) is 17.3. The molecule has 0 bridgehead atoms. The molecule has 1 aliphatic heterocycles. The van der Waals surface area contributed by atoms with Crippen molar-refractivity contribution in [1.82, 2.24) is 9.88 Å². The highest BCUT2D eigenvalue weighted by molar-refractivity contribution is 7.16. The zero-order valence-corrected chi connectivity index (χ0v) is 15.3. The molecule has 26 heavy (non-hydrogen) atoms. The predicted molar refractivity (Wildman–Crippen MR) is 98.6 cm³/mol. The lowest BCUT2D eigenvalue weighted by Gasteiger charge is -2.25. The SMILES string of the molecule is O=C(Nc1nc2c(s1)CN(Cc1cc(F)cc(F)c1)CC2)c1ccsc1. The Balaban J connectivity index is 1.44. The van der Waals surface area contributed by atoms with Crippen LogP contribution in [0.2, 0.25) is 0 Å². The van der Waals surface area contributed by atoms with E-state index < -0.39 is 11.6 Å². The first-order chi connectivity index (χ1) is 12.6. The van der Waals surface area contributed by atoms with Crippen LogP contribution in [0.1, 0.15) is 26.5 Å². The highest BCUT2D eigenvalue weighted by Gasteiger charge is 2.22. The van der Waals surface area contributed by atoms with E-state index in [1.807, 2.05) is 5.38 Å². The number of nitrogens with one attached hydrogen (secondary N) is 1. The van der Waals surface area contributed by atoms with E-state index >= 15 is 0 Å². The fourth-order valence-electron chi connectivity index (χ4n) is 2.96. The highest BCUT2D eigenvalue weighted by atomic mass is 32.1. The first-order valence-corrected chi connectivity index (χ1v) is 9.82. The Labute approximate surface area is 157 Å². The average molecular weight is 391 g/mol. The Bertz CT molecular complexity index is 920. The van der Waals surface area contributed by atoms with Crippen molar-refractivity contribution in [2.24, 2.45) is 0 Å². The molecule has 1 aliphatic rings. The van der Waals surface area contributed by atoms with Gasteiger partial charge in [-0.05, 0) is 29.1 Å². The largest absolute Gasteiger partial charge is 0.298 e. The maximum Gasteiger partial charge on any atom is 0.258 e. The lowest BCUT2D eigenvalue weighted by Crippen LogP contribution is -2.29. The molecule has 3 aromatic rings. The Hall–Kier alpha value is -2.16. The maximum absolute atomic E-state index is 13.4. The monoisotopic (exact) mass is 391 g/mol. The second-order valence-corrected chi connectivity index (χ2v) is 7.96. The van der Waals surface area contributed by atoms with Gasteiger partial charge in [0.2, 0.25) is 0 Å². The molecule has 0 aliphatic carbocycles. The summed E-state index contributed by atoms with van der Waals surface area (Å²) in [6.07, 6.45) is 0.748. The van der Waals surface area contributed by atoms with Gasteiger partial charge in [0.25, 0.3) is 5.91 Å². The van der Waals surface area contributed by atoms with Crippen LogP contribution >= 0.6 is 22.7 Å². The number of carbonyl (C=O) groups excluding carboxylic acids is 1. The van der Waals surface area contributed by atoms with Crippen LogP contribution in [0.3, 0.4) is 0 Å². The van der Waals surface area contributed by atoms with Crippen molar-refractivity contribution >= 4 is 33.7 Å². The number of thiazole rings is 1. The van der Waals surface area contributed by atoms with Gasteiger partial charge in [-0.25, -0.2) is 13.8 Å². The molecule has 4 rings (SSSR count). The van der Waals surface area contributed by atoms with E-state index in [1.165, 1.54) is 34.8 Å². The molecule has 0 unspecified atom stereocenters. The van der Waals surface area contributed by atoms with Crippen LogP contribution in [0.25, 0.3) is 0 Å². The molecule has 1 amide bonds. The second kappa shape index (κ2) is 7.22. The van der Waals surface area contributed by atoms with Crippen molar-refractivity contribution in [3.63, 3.8) is 0 Å². The molecule has 4 nitrogen and oxygen atoms in total. The standard InChI is InChI=1S/C18H15F2N3OS2/c19-13-5-11(6-14(20)7-13)8-23-3-1-15-16(9-23)26-18(21-15)22-17(24)12-2-4-25-10-12/h2,4-7,10H,1,3,8-9H2,(H,21,22,24). The smallest absolute Gasteiger partial charge is 0.258 e. The van der Waals surface area contributed by atoms with Gasteiger partial charge in [0, 0.05) is 42.4 Å². The Morgan fingerprint density at radius 2 is 2.08 bits per heavy atom. The van der Waals surface area contributed by atoms with Gasteiger partial charge in [-0.3, -0.25) is 15.0 Å². The van der Waals surface area contributed by atoms with E-state index in [2.05, 4.69) is 15.2 Å². The van der Waals surface area contributed by atoms with Crippen LogP contribution in [0.15, 0.2) is 35.0 Å². The second-order valence-electron chi connectivity index (χ2n) is 6.09. The van der Waals surface area contributed by atoms with Gasteiger partial charge in [0.15, 0.2) is 5.13 Å². The third-order valence-corrected chi connectivity index (χ3v) is 5.82. The molecule has 0 spiro atoms. The van der Waals surface area contributed by atoms with E-state index in [-0.39, 0.29) is 5.91 Å². The summed E-state index contributed by atoms with van der Waals surface area (Å²) in [5.74, 6) is -1.28. The number of nitrogens with zero attached hydrogens (tertiary/aromatic N) is 2. The number of hydrogen-bond donors (Lipinski definition) is 1. The highest BCUT2D eigenvalue weighted by Crippen LogP contribution is 2.29. The third-order valence-electron chi connectivity index (χ3n) is 4.14. The molecule has 0 saturated carbocycles. The van der Waals surface area contributed by atoms with E-state index in [9.17, 15) is 13.6 Å². The van der Waals surface area contributed by atoms with Crippen LogP contribution in [0.5, 0.6) is 0 Å². The number of anilines is 1. The van der Waals surface area contributed by atoms with Gasteiger partial charge in [0.05, 0.1) is 11.3 Å². The third kappa shape index (κ3) is 3.82. The topological polar surface area (TPSA) is 45.2 Å². The molecule has 0 saturated heterocycles. The van der Waals surface area contributed by atoms with Crippen molar-refractivity contribution in [2.75, 3.05) is 11.9 Å². The van der Waals surface area contributed by atoms with Gasteiger partial charge in [-0.2, -0.15) is 11.3 Å². The van der Waals surface area contributed by atoms with Crippen LogP contribution in [0, 0.1) is 11.6 Å². The molecule has 0 radical (unpaired) electrons. The quantitative estimate of drug-likeness (QED) is 0.722. The molecule has 3 heterocycles. The first-order valence-electron chi connectivity index (χ1n) is 8.06. The minimum Gasteiger partial charge on any atom is -0.298 e. The minimum atomic E-state index is -0.561. The summed E-state index contributed by atoms with van der Waals surface area (Å²) in [5, 5.41) is 7.08. The summed E-state index contributed by atoms with van der Waals surface area (Å²) in [6, 6.07) is 5.37. The number of aromatic nitrogens is 1. The molecular formula is C18H15F2N3OS2. The predicted octanol–water partition coefficient (Wildman–Crippen LogP) is 4.29. The van der Waals surface area contributed by atoms with E-state index in [0.717, 1.165) is 29.6 Å². The summed E-state index contributed by atoms with van der Waals surface area (Å²) < 4.78 is 26.7. The number of fused-ring (bicyclic) bond motifs is 1. The number of carbonyl (C=O) groups is 1. The van der Waals surface area contributed by atoms with Crippen molar-refractivity contribution in [3.05, 3.63) is 68.4 Å². The lowest BCUT2D eigenvalue weighted by atomic mass is 10.1. The number of halogens is 2. The summed E-state index contributed by atoms with van der Waals surface area (Å²) in [5.41, 5.74) is 2.22. The number of amides is 1. The van der Waals surface area contributed by atoms with Crippen molar-refractivity contribution in [2.45, 2.75) is 19.5 Å². The summed E-state index contributed by atoms with van der Waals surface area (Å²) in [7, 11) is 0. The molecule has 0 atom stereocenters. The van der Waals surface area contributed by atoms with Gasteiger partial charge in [0.1, 0.15) is 11.6 Å². The van der Waals surface area contributed by atoms with Crippen molar-refractivity contribution in [1.29, 1.82) is 0 Å². The van der Waals surface area contributed by atoms with Crippen LogP contribution in [-0.4, -0.2) is 22.3 Å². The number of thiophene rings is 1. The molecule has 2 aromatic heterocycles. The lowest BCUT2D eigenvalue weighted by molar-refractivity contribution is 0.102.